The second-order valence-corrected chi connectivity index (χ2v) is 6.26. The molecule has 152 valence electrons. The van der Waals surface area contributed by atoms with Crippen LogP contribution in [0.15, 0.2) is 21.9 Å². The van der Waals surface area contributed by atoms with E-state index in [2.05, 4.69) is 0 Å². The first kappa shape index (κ1) is 20.0. The van der Waals surface area contributed by atoms with Crippen molar-refractivity contribution in [1.82, 2.24) is 9.55 Å². The van der Waals surface area contributed by atoms with Crippen molar-refractivity contribution in [1.29, 1.82) is 0 Å². The van der Waals surface area contributed by atoms with E-state index in [-0.39, 0.29) is 0 Å². The van der Waals surface area contributed by atoms with Gasteiger partial charge in [0.1, 0.15) is 30.5 Å². The average molecular weight is 394 g/mol. The predicted octanol–water partition coefficient (Wildman–Crippen LogP) is -4.09. The zero-order valence-electron chi connectivity index (χ0n) is 13.7. The Kier molecular flexibility index (Phi) is 5.47. The lowest BCUT2D eigenvalue weighted by Gasteiger charge is -2.24. The van der Waals surface area contributed by atoms with Gasteiger partial charge in [-0.25, -0.2) is 9.18 Å². The Morgan fingerprint density at radius 2 is 1.93 bits per heavy atom. The molecule has 2 aliphatic rings. The van der Waals surface area contributed by atoms with Gasteiger partial charge in [0.2, 0.25) is 6.29 Å². The number of aliphatic hydroxyl groups excluding tert-OH is 4. The molecule has 0 bridgehead atoms. The molecule has 27 heavy (non-hydrogen) atoms. The molecule has 0 aliphatic carbocycles. The maximum absolute atomic E-state index is 14.1. The molecule has 2 fully saturated rings. The van der Waals surface area contributed by atoms with Crippen molar-refractivity contribution in [3.8, 4) is 0 Å². The summed E-state index contributed by atoms with van der Waals surface area (Å²) >= 11 is 0. The van der Waals surface area contributed by atoms with E-state index in [0.29, 0.717) is 0 Å². The van der Waals surface area contributed by atoms with Crippen LogP contribution in [0.4, 0.5) is 4.39 Å². The lowest BCUT2D eigenvalue weighted by Crippen LogP contribution is -2.46. The Morgan fingerprint density at radius 3 is 2.52 bits per heavy atom. The molecule has 6 N–H and O–H groups in total. The number of hydrogen-bond acceptors (Lipinski definition) is 10. The van der Waals surface area contributed by atoms with Crippen molar-refractivity contribution in [2.45, 2.75) is 48.9 Å². The van der Waals surface area contributed by atoms with Crippen LogP contribution in [0.2, 0.25) is 0 Å². The normalized spacial score (nSPS) is 41.9. The maximum atomic E-state index is 14.1. The third-order valence-electron chi connectivity index (χ3n) is 4.45. The van der Waals surface area contributed by atoms with Crippen molar-refractivity contribution >= 4 is 0 Å². The van der Waals surface area contributed by atoms with Gasteiger partial charge in [0.05, 0.1) is 13.2 Å². The highest BCUT2D eigenvalue weighted by Crippen LogP contribution is 2.34. The highest BCUT2D eigenvalue weighted by Gasteiger charge is 2.57. The first-order valence-corrected chi connectivity index (χ1v) is 7.97. The zero-order valence-corrected chi connectivity index (χ0v) is 13.7. The summed E-state index contributed by atoms with van der Waals surface area (Å²) < 4.78 is 30.1. The van der Waals surface area contributed by atoms with E-state index in [0.717, 1.165) is 16.8 Å². The summed E-state index contributed by atoms with van der Waals surface area (Å²) in [5, 5.41) is 48.3. The standard InChI is InChI=1S/C14H19FN2O10/c15-14(24)10(22)5(3-18)27-12(14)25-4-6-8(20)9(21)11(26-6)17-2-1-7(19)16-13(17)23/h1-2,5-6,8-12,18,20-22,24H,3-4H2,(H,16,19,23)/t5-,6-,8-,9-,10-,11-,12?,14-/m1/s1. The van der Waals surface area contributed by atoms with Gasteiger partial charge < -0.3 is 39.7 Å². The number of nitrogens with zero attached hydrogens (tertiary/aromatic N) is 1. The summed E-state index contributed by atoms with van der Waals surface area (Å²) in [5.41, 5.74) is -1.55. The topological polar surface area (TPSA) is 184 Å². The van der Waals surface area contributed by atoms with Crippen molar-refractivity contribution in [2.75, 3.05) is 13.2 Å². The van der Waals surface area contributed by atoms with Crippen molar-refractivity contribution in [3.63, 3.8) is 0 Å². The quantitative estimate of drug-likeness (QED) is 0.287. The fourth-order valence-electron chi connectivity index (χ4n) is 2.93. The zero-order chi connectivity index (χ0) is 19.9. The number of aliphatic hydroxyl groups is 5. The molecule has 0 spiro atoms. The summed E-state index contributed by atoms with van der Waals surface area (Å²) in [5.74, 6) is -3.31. The first-order chi connectivity index (χ1) is 12.7. The highest BCUT2D eigenvalue weighted by molar-refractivity contribution is 4.95. The molecule has 8 atom stereocenters. The summed E-state index contributed by atoms with van der Waals surface area (Å²) in [6, 6.07) is 1.01. The fourth-order valence-corrected chi connectivity index (χ4v) is 2.93. The second kappa shape index (κ2) is 7.37. The maximum Gasteiger partial charge on any atom is 0.330 e. The highest BCUT2D eigenvalue weighted by atomic mass is 19.2. The molecule has 1 aromatic rings. The molecule has 3 heterocycles. The number of alkyl halides is 1. The van der Waals surface area contributed by atoms with E-state index >= 15 is 0 Å². The Hall–Kier alpha value is -1.71. The number of hydrogen-bond donors (Lipinski definition) is 6. The van der Waals surface area contributed by atoms with E-state index in [9.17, 15) is 34.4 Å². The van der Waals surface area contributed by atoms with Gasteiger partial charge in [0, 0.05) is 12.3 Å². The molecule has 2 aliphatic heterocycles. The number of H-pyrrole nitrogens is 1. The summed E-state index contributed by atoms with van der Waals surface area (Å²) in [4.78, 5) is 24.9. The Bertz CT molecular complexity index is 782. The minimum atomic E-state index is -3.31. The smallest absolute Gasteiger partial charge is 0.330 e. The molecule has 3 rings (SSSR count). The predicted molar refractivity (Wildman–Crippen MR) is 81.0 cm³/mol. The van der Waals surface area contributed by atoms with Crippen LogP contribution in [-0.4, -0.2) is 91.0 Å². The van der Waals surface area contributed by atoms with Crippen LogP contribution in [0.3, 0.4) is 0 Å². The largest absolute Gasteiger partial charge is 0.394 e. The van der Waals surface area contributed by atoms with Crippen LogP contribution in [0.25, 0.3) is 0 Å². The van der Waals surface area contributed by atoms with Gasteiger partial charge in [-0.2, -0.15) is 0 Å². The number of rotatable bonds is 5. The number of nitrogens with one attached hydrogen (secondary N) is 1. The Morgan fingerprint density at radius 1 is 1.22 bits per heavy atom. The number of halogens is 1. The van der Waals surface area contributed by atoms with Gasteiger partial charge in [-0.15, -0.1) is 0 Å². The summed E-state index contributed by atoms with van der Waals surface area (Å²) in [6.45, 7) is -1.36. The molecular weight excluding hydrogens is 375 g/mol. The van der Waals surface area contributed by atoms with Gasteiger partial charge >= 0.3 is 5.69 Å². The first-order valence-electron chi connectivity index (χ1n) is 7.97. The van der Waals surface area contributed by atoms with E-state index in [4.69, 9.17) is 19.3 Å². The molecule has 0 aromatic carbocycles. The van der Waals surface area contributed by atoms with E-state index < -0.39 is 73.4 Å². The minimum absolute atomic E-state index is 0.589. The monoisotopic (exact) mass is 394 g/mol. The molecular formula is C14H19FN2O10. The van der Waals surface area contributed by atoms with Gasteiger partial charge in [0.25, 0.3) is 11.4 Å². The van der Waals surface area contributed by atoms with Crippen LogP contribution in [0.1, 0.15) is 6.23 Å². The SMILES string of the molecule is O=c1ccn([C@@H]2O[C@H](COC3O[C@H](CO)[C@@H](O)[C@]3(O)F)[C@@H](O)[C@H]2O)c(=O)[nH]1. The lowest BCUT2D eigenvalue weighted by atomic mass is 10.1. The molecule has 13 heteroatoms. The van der Waals surface area contributed by atoms with E-state index in [1.54, 1.807) is 0 Å². The molecule has 0 saturated carbocycles. The Balaban J connectivity index is 1.68. The van der Waals surface area contributed by atoms with Crippen LogP contribution in [-0.2, 0) is 14.2 Å². The van der Waals surface area contributed by atoms with Gasteiger partial charge in [-0.05, 0) is 0 Å². The van der Waals surface area contributed by atoms with Crippen molar-refractivity contribution in [3.05, 3.63) is 33.1 Å². The third kappa shape index (κ3) is 3.55. The summed E-state index contributed by atoms with van der Waals surface area (Å²) in [7, 11) is 0. The van der Waals surface area contributed by atoms with Gasteiger partial charge in [-0.1, -0.05) is 0 Å². The molecule has 0 radical (unpaired) electrons. The molecule has 1 aromatic heterocycles. The van der Waals surface area contributed by atoms with Gasteiger partial charge in [0.15, 0.2) is 6.23 Å². The van der Waals surface area contributed by atoms with Crippen LogP contribution < -0.4 is 11.2 Å². The number of ether oxygens (including phenoxy) is 3. The average Bonchev–Trinajstić information content (AvgIpc) is 3.01. The fraction of sp³-hybridized carbons (Fsp3) is 0.714. The van der Waals surface area contributed by atoms with Gasteiger partial charge in [-0.3, -0.25) is 14.3 Å². The minimum Gasteiger partial charge on any atom is -0.394 e. The number of aromatic nitrogens is 2. The van der Waals surface area contributed by atoms with E-state index in [1.165, 1.54) is 0 Å². The lowest BCUT2D eigenvalue weighted by molar-refractivity contribution is -0.267. The second-order valence-electron chi connectivity index (χ2n) is 6.26. The van der Waals surface area contributed by atoms with E-state index in [1.807, 2.05) is 4.98 Å². The molecule has 2 saturated heterocycles. The van der Waals surface area contributed by atoms with Crippen LogP contribution in [0.5, 0.6) is 0 Å². The molecule has 1 unspecified atom stereocenters. The Labute approximate surface area is 150 Å². The van der Waals surface area contributed by atoms with Crippen LogP contribution in [0, 0.1) is 0 Å². The third-order valence-corrected chi connectivity index (χ3v) is 4.45. The van der Waals surface area contributed by atoms with Crippen LogP contribution >= 0.6 is 0 Å². The molecule has 12 nitrogen and oxygen atoms in total. The van der Waals surface area contributed by atoms with Crippen molar-refractivity contribution in [2.24, 2.45) is 0 Å². The summed E-state index contributed by atoms with van der Waals surface area (Å²) in [6.07, 6.45) is -10.1. The molecule has 0 amide bonds. The number of aromatic amines is 1. The van der Waals surface area contributed by atoms with Crippen molar-refractivity contribution < 1.29 is 44.1 Å².